The Kier molecular flexibility index (Phi) is 3.90. The first kappa shape index (κ1) is 16.6. The van der Waals surface area contributed by atoms with Crippen LogP contribution in [0.4, 0.5) is 13.2 Å². The van der Waals surface area contributed by atoms with Gasteiger partial charge in [-0.25, -0.2) is 8.42 Å². The van der Waals surface area contributed by atoms with Crippen LogP contribution in [-0.4, -0.2) is 55.6 Å². The summed E-state index contributed by atoms with van der Waals surface area (Å²) in [4.78, 5) is 2.37. The van der Waals surface area contributed by atoms with Gasteiger partial charge in [0, 0.05) is 31.2 Å². The van der Waals surface area contributed by atoms with E-state index in [9.17, 15) is 26.7 Å². The number of aliphatic hydroxyl groups is 1. The molecular weight excluding hydrogens is 335 g/mol. The molecule has 10 heteroatoms. The molecule has 0 aromatic carbocycles. The van der Waals surface area contributed by atoms with Crippen LogP contribution < -0.4 is 5.32 Å². The van der Waals surface area contributed by atoms with Gasteiger partial charge in [0.25, 0.3) is 0 Å². The molecule has 6 nitrogen and oxygen atoms in total. The van der Waals surface area contributed by atoms with E-state index in [1.54, 1.807) is 0 Å². The minimum absolute atomic E-state index is 0.00427. The van der Waals surface area contributed by atoms with Gasteiger partial charge in [0.1, 0.15) is 4.90 Å². The van der Waals surface area contributed by atoms with Crippen LogP contribution in [0.2, 0.25) is 0 Å². The fraction of sp³-hybridized carbons (Fsp3) is 0.615. The molecule has 2 aliphatic rings. The number of fused-ring (bicyclic) bond motifs is 1. The van der Waals surface area contributed by atoms with Gasteiger partial charge in [-0.2, -0.15) is 17.5 Å². The molecule has 1 aromatic rings. The molecule has 0 bridgehead atoms. The molecule has 3 rings (SSSR count). The molecule has 2 N–H and O–H groups in total. The molecule has 3 heterocycles. The molecule has 1 aromatic heterocycles. The first-order valence-electron chi connectivity index (χ1n) is 7.05. The van der Waals surface area contributed by atoms with E-state index in [0.717, 1.165) is 16.6 Å². The van der Waals surface area contributed by atoms with E-state index in [-0.39, 0.29) is 25.6 Å². The Morgan fingerprint density at radius 3 is 2.83 bits per heavy atom. The lowest BCUT2D eigenvalue weighted by atomic mass is 9.82. The molecule has 2 unspecified atom stereocenters. The maximum Gasteiger partial charge on any atom is 0.434 e. The van der Waals surface area contributed by atoms with Crippen LogP contribution in [-0.2, 0) is 16.2 Å². The highest BCUT2D eigenvalue weighted by atomic mass is 32.2. The summed E-state index contributed by atoms with van der Waals surface area (Å²) in [5.74, 6) is -0.117. The van der Waals surface area contributed by atoms with Crippen LogP contribution in [0.1, 0.15) is 5.69 Å². The minimum atomic E-state index is -4.85. The third-order valence-electron chi connectivity index (χ3n) is 4.62. The minimum Gasteiger partial charge on any atom is -0.396 e. The van der Waals surface area contributed by atoms with Gasteiger partial charge in [0.2, 0.25) is 10.0 Å². The number of pyridine rings is 1. The molecule has 0 radical (unpaired) electrons. The third-order valence-corrected chi connectivity index (χ3v) is 6.46. The summed E-state index contributed by atoms with van der Waals surface area (Å²) in [5.41, 5.74) is -2.04. The zero-order valence-corrected chi connectivity index (χ0v) is 12.9. The van der Waals surface area contributed by atoms with Crippen molar-refractivity contribution in [3.05, 3.63) is 24.0 Å². The molecule has 2 fully saturated rings. The average molecular weight is 351 g/mol. The van der Waals surface area contributed by atoms with E-state index in [1.807, 2.05) is 0 Å². The Morgan fingerprint density at radius 2 is 2.22 bits per heavy atom. The molecule has 0 saturated carbocycles. The van der Waals surface area contributed by atoms with Crippen molar-refractivity contribution in [2.45, 2.75) is 11.1 Å². The van der Waals surface area contributed by atoms with Crippen molar-refractivity contribution >= 4 is 10.0 Å². The Labute approximate surface area is 131 Å². The number of halogens is 3. The van der Waals surface area contributed by atoms with Gasteiger partial charge in [-0.05, 0) is 24.6 Å². The predicted octanol–water partition coefficient (Wildman–Crippen LogP) is 0.303. The zero-order chi connectivity index (χ0) is 16.9. The number of nitrogens with zero attached hydrogens (tertiary/aromatic N) is 2. The molecule has 2 aliphatic heterocycles. The van der Waals surface area contributed by atoms with E-state index in [0.29, 0.717) is 13.1 Å². The van der Waals surface area contributed by atoms with Crippen molar-refractivity contribution in [3.63, 3.8) is 0 Å². The average Bonchev–Trinajstić information content (AvgIpc) is 3.04. The molecule has 0 amide bonds. The summed E-state index contributed by atoms with van der Waals surface area (Å²) < 4.78 is 65.5. The van der Waals surface area contributed by atoms with E-state index < -0.39 is 32.2 Å². The standard InChI is InChI=1S/C13H16F3N3O3S/c14-13(15,16)11-10(2-1-3-18-11)23(21,22)19-5-9-4-17-6-12(9,7-19)8-20/h1-3,9,17,20H,4-8H2. The highest BCUT2D eigenvalue weighted by Crippen LogP contribution is 2.42. The van der Waals surface area contributed by atoms with E-state index in [4.69, 9.17) is 0 Å². The molecule has 128 valence electrons. The second-order valence-electron chi connectivity index (χ2n) is 5.99. The van der Waals surface area contributed by atoms with Gasteiger partial charge in [-0.1, -0.05) is 0 Å². The molecule has 23 heavy (non-hydrogen) atoms. The van der Waals surface area contributed by atoms with Gasteiger partial charge in [0.05, 0.1) is 6.61 Å². The van der Waals surface area contributed by atoms with Crippen molar-refractivity contribution in [1.29, 1.82) is 0 Å². The maximum absolute atomic E-state index is 13.0. The SMILES string of the molecule is O=S(=O)(c1cccnc1C(F)(F)F)N1CC2CNCC2(CO)C1. The Hall–Kier alpha value is -1.23. The summed E-state index contributed by atoms with van der Waals surface area (Å²) in [6.45, 7) is 0.846. The fourth-order valence-corrected chi connectivity index (χ4v) is 5.07. The quantitative estimate of drug-likeness (QED) is 0.819. The maximum atomic E-state index is 13.0. The van der Waals surface area contributed by atoms with Crippen LogP contribution in [0.3, 0.4) is 0 Å². The summed E-state index contributed by atoms with van der Waals surface area (Å²) in [6, 6.07) is 2.09. The number of hydrogen-bond acceptors (Lipinski definition) is 5. The summed E-state index contributed by atoms with van der Waals surface area (Å²) >= 11 is 0. The lowest BCUT2D eigenvalue weighted by molar-refractivity contribution is -0.143. The number of rotatable bonds is 3. The number of aromatic nitrogens is 1. The highest BCUT2D eigenvalue weighted by molar-refractivity contribution is 7.89. The molecule has 0 spiro atoms. The van der Waals surface area contributed by atoms with Crippen LogP contribution >= 0.6 is 0 Å². The number of aliphatic hydroxyl groups excluding tert-OH is 1. The Bertz CT molecular complexity index is 710. The molecular formula is C13H16F3N3O3S. The predicted molar refractivity (Wildman–Crippen MR) is 73.9 cm³/mol. The van der Waals surface area contributed by atoms with Crippen molar-refractivity contribution in [3.8, 4) is 0 Å². The van der Waals surface area contributed by atoms with Gasteiger partial charge < -0.3 is 10.4 Å². The first-order valence-corrected chi connectivity index (χ1v) is 8.49. The number of sulfonamides is 1. The van der Waals surface area contributed by atoms with Gasteiger partial charge in [-0.15, -0.1) is 0 Å². The van der Waals surface area contributed by atoms with Crippen molar-refractivity contribution in [2.24, 2.45) is 11.3 Å². The van der Waals surface area contributed by atoms with E-state index in [2.05, 4.69) is 10.3 Å². The molecule has 2 atom stereocenters. The Morgan fingerprint density at radius 1 is 1.48 bits per heavy atom. The number of nitrogens with one attached hydrogen (secondary N) is 1. The van der Waals surface area contributed by atoms with Crippen molar-refractivity contribution in [2.75, 3.05) is 32.8 Å². The Balaban J connectivity index is 1.99. The second kappa shape index (κ2) is 5.40. The lowest BCUT2D eigenvalue weighted by Gasteiger charge is -2.25. The van der Waals surface area contributed by atoms with Crippen LogP contribution in [0.5, 0.6) is 0 Å². The normalized spacial score (nSPS) is 29.0. The number of hydrogen-bond donors (Lipinski definition) is 2. The lowest BCUT2D eigenvalue weighted by Crippen LogP contribution is -2.38. The summed E-state index contributed by atoms with van der Waals surface area (Å²) in [6.07, 6.45) is -3.94. The fourth-order valence-electron chi connectivity index (χ4n) is 3.33. The van der Waals surface area contributed by atoms with Crippen LogP contribution in [0.15, 0.2) is 23.2 Å². The van der Waals surface area contributed by atoms with Crippen molar-refractivity contribution in [1.82, 2.24) is 14.6 Å². The van der Waals surface area contributed by atoms with E-state index >= 15 is 0 Å². The summed E-state index contributed by atoms with van der Waals surface area (Å²) in [5, 5.41) is 12.7. The highest BCUT2D eigenvalue weighted by Gasteiger charge is 2.53. The smallest absolute Gasteiger partial charge is 0.396 e. The van der Waals surface area contributed by atoms with Gasteiger partial charge >= 0.3 is 6.18 Å². The zero-order valence-electron chi connectivity index (χ0n) is 12.0. The van der Waals surface area contributed by atoms with Crippen LogP contribution in [0, 0.1) is 11.3 Å². The second-order valence-corrected chi connectivity index (χ2v) is 7.90. The van der Waals surface area contributed by atoms with Gasteiger partial charge in [-0.3, -0.25) is 4.98 Å². The van der Waals surface area contributed by atoms with Crippen LogP contribution in [0.25, 0.3) is 0 Å². The monoisotopic (exact) mass is 351 g/mol. The topological polar surface area (TPSA) is 82.5 Å². The molecule has 2 saturated heterocycles. The van der Waals surface area contributed by atoms with Crippen molar-refractivity contribution < 1.29 is 26.7 Å². The third kappa shape index (κ3) is 2.63. The number of alkyl halides is 3. The largest absolute Gasteiger partial charge is 0.434 e. The first-order chi connectivity index (χ1) is 10.7. The van der Waals surface area contributed by atoms with Gasteiger partial charge in [0.15, 0.2) is 5.69 Å². The van der Waals surface area contributed by atoms with E-state index in [1.165, 1.54) is 6.07 Å². The molecule has 0 aliphatic carbocycles. The summed E-state index contributed by atoms with van der Waals surface area (Å²) in [7, 11) is -4.33.